The average Bonchev–Trinajstić information content (AvgIpc) is 2.28. The van der Waals surface area contributed by atoms with Gasteiger partial charge < -0.3 is 0 Å². The van der Waals surface area contributed by atoms with Crippen LogP contribution in [0.3, 0.4) is 0 Å². The zero-order valence-corrected chi connectivity index (χ0v) is 9.50. The molecule has 0 unspecified atom stereocenters. The van der Waals surface area contributed by atoms with Gasteiger partial charge in [0.2, 0.25) is 5.95 Å². The third kappa shape index (κ3) is 3.93. The largest absolute Gasteiger partial charge is 0.233 e. The Bertz CT molecular complexity index is 387. The minimum absolute atomic E-state index is 0.132. The number of aliphatic imine (C=N–C) groups is 1. The fraction of sp³-hybridized carbons (Fsp3) is 0.308. The van der Waals surface area contributed by atoms with Gasteiger partial charge in [0.15, 0.2) is 0 Å². The van der Waals surface area contributed by atoms with Gasteiger partial charge in [-0.15, -0.1) is 0 Å². The minimum atomic E-state index is -0.295. The summed E-state index contributed by atoms with van der Waals surface area (Å²) in [5, 5.41) is 0. The lowest BCUT2D eigenvalue weighted by atomic mass is 10.1. The van der Waals surface area contributed by atoms with Gasteiger partial charge in [0.25, 0.3) is 0 Å². The summed E-state index contributed by atoms with van der Waals surface area (Å²) in [4.78, 5) is 3.50. The third-order valence-corrected chi connectivity index (χ3v) is 2.28. The van der Waals surface area contributed by atoms with Crippen molar-refractivity contribution < 1.29 is 8.78 Å². The van der Waals surface area contributed by atoms with E-state index in [0.717, 1.165) is 18.4 Å². The number of aryl methyl sites for hydroxylation is 1. The molecule has 2 rings (SSSR count). The van der Waals surface area contributed by atoms with Crippen molar-refractivity contribution in [3.63, 3.8) is 0 Å². The molecule has 1 aliphatic rings. The van der Waals surface area contributed by atoms with Crippen molar-refractivity contribution in [2.24, 2.45) is 4.99 Å². The molecule has 0 aliphatic carbocycles. The van der Waals surface area contributed by atoms with Crippen LogP contribution in [0.4, 0.5) is 8.78 Å². The van der Waals surface area contributed by atoms with E-state index in [1.807, 2.05) is 6.07 Å². The molecule has 3 heteroatoms. The fourth-order valence-electron chi connectivity index (χ4n) is 1.19. The maximum atomic E-state index is 12.3. The van der Waals surface area contributed by atoms with Gasteiger partial charge in [-0.2, -0.15) is 4.39 Å². The van der Waals surface area contributed by atoms with Gasteiger partial charge in [-0.1, -0.05) is 18.2 Å². The number of hydrogen-bond acceptors (Lipinski definition) is 1. The molecule has 0 bridgehead atoms. The van der Waals surface area contributed by atoms with Crippen LogP contribution in [0.2, 0.25) is 0 Å². The molecule has 86 valence electrons. The highest BCUT2D eigenvalue weighted by atomic mass is 19.1. The van der Waals surface area contributed by atoms with E-state index in [9.17, 15) is 8.78 Å². The average molecular weight is 223 g/mol. The normalized spacial score (nSPS) is 14.5. The Hall–Kier alpha value is -1.51. The van der Waals surface area contributed by atoms with Crippen LogP contribution < -0.4 is 0 Å². The summed E-state index contributed by atoms with van der Waals surface area (Å²) >= 11 is 0. The third-order valence-electron chi connectivity index (χ3n) is 2.28. The maximum Gasteiger partial charge on any atom is 0.211 e. The van der Waals surface area contributed by atoms with Crippen molar-refractivity contribution in [2.45, 2.75) is 26.7 Å². The highest BCUT2D eigenvalue weighted by molar-refractivity contribution is 5.60. The maximum absolute atomic E-state index is 12.3. The minimum Gasteiger partial charge on any atom is -0.233 e. The molecule has 1 nitrogen and oxygen atoms in total. The first-order valence-corrected chi connectivity index (χ1v) is 5.20. The molecule has 0 amide bonds. The van der Waals surface area contributed by atoms with E-state index >= 15 is 0 Å². The first-order valence-electron chi connectivity index (χ1n) is 5.20. The van der Waals surface area contributed by atoms with Crippen LogP contribution in [-0.4, -0.2) is 6.21 Å². The van der Waals surface area contributed by atoms with E-state index in [0.29, 0.717) is 5.56 Å². The number of rotatable bonds is 0. The van der Waals surface area contributed by atoms with Gasteiger partial charge in [0.05, 0.1) is 0 Å². The standard InChI is InChI=1S/C7H7F.C6H8FN/c1-6-4-2-3-5-7(6)8;1-5-3-2-4-8-6(5)7/h2-5H,1H3;4H,2-3H2,1H3. The predicted molar refractivity (Wildman–Crippen MR) is 62.7 cm³/mol. The van der Waals surface area contributed by atoms with Crippen LogP contribution in [0.15, 0.2) is 40.8 Å². The molecule has 0 N–H and O–H groups in total. The number of halogens is 2. The molecule has 0 radical (unpaired) electrons. The smallest absolute Gasteiger partial charge is 0.211 e. The van der Waals surface area contributed by atoms with Gasteiger partial charge in [-0.05, 0) is 43.9 Å². The van der Waals surface area contributed by atoms with Crippen molar-refractivity contribution in [3.8, 4) is 0 Å². The van der Waals surface area contributed by atoms with Crippen molar-refractivity contribution in [1.82, 2.24) is 0 Å². The van der Waals surface area contributed by atoms with E-state index in [1.165, 1.54) is 6.07 Å². The number of nitrogens with zero attached hydrogens (tertiary/aromatic N) is 1. The Morgan fingerprint density at radius 3 is 2.19 bits per heavy atom. The summed E-state index contributed by atoms with van der Waals surface area (Å²) in [5.41, 5.74) is 1.47. The van der Waals surface area contributed by atoms with E-state index in [-0.39, 0.29) is 11.8 Å². The Morgan fingerprint density at radius 1 is 1.12 bits per heavy atom. The molecule has 16 heavy (non-hydrogen) atoms. The quantitative estimate of drug-likeness (QED) is 0.585. The van der Waals surface area contributed by atoms with Gasteiger partial charge in [-0.25, -0.2) is 9.38 Å². The molecule has 0 atom stereocenters. The van der Waals surface area contributed by atoms with E-state index in [2.05, 4.69) is 4.99 Å². The van der Waals surface area contributed by atoms with Crippen LogP contribution in [0, 0.1) is 12.7 Å². The lowest BCUT2D eigenvalue weighted by molar-refractivity contribution is 0.602. The summed E-state index contributed by atoms with van der Waals surface area (Å²) < 4.78 is 24.6. The topological polar surface area (TPSA) is 12.4 Å². The molecule has 1 aromatic carbocycles. The number of benzene rings is 1. The van der Waals surface area contributed by atoms with Gasteiger partial charge in [-0.3, -0.25) is 0 Å². The highest BCUT2D eigenvalue weighted by Crippen LogP contribution is 2.15. The van der Waals surface area contributed by atoms with Crippen LogP contribution >= 0.6 is 0 Å². The second-order valence-corrected chi connectivity index (χ2v) is 3.67. The first-order chi connectivity index (χ1) is 7.61. The van der Waals surface area contributed by atoms with E-state index in [1.54, 1.807) is 32.2 Å². The van der Waals surface area contributed by atoms with Gasteiger partial charge in [0.1, 0.15) is 5.82 Å². The lowest BCUT2D eigenvalue weighted by Crippen LogP contribution is -1.89. The molecule has 1 heterocycles. The Labute approximate surface area is 94.5 Å². The van der Waals surface area contributed by atoms with Crippen LogP contribution in [0.1, 0.15) is 25.3 Å². The zero-order valence-electron chi connectivity index (χ0n) is 9.50. The van der Waals surface area contributed by atoms with E-state index in [4.69, 9.17) is 0 Å². The molecule has 1 aromatic rings. The van der Waals surface area contributed by atoms with Gasteiger partial charge >= 0.3 is 0 Å². The van der Waals surface area contributed by atoms with Crippen molar-refractivity contribution in [1.29, 1.82) is 0 Å². The summed E-state index contributed by atoms with van der Waals surface area (Å²) in [7, 11) is 0. The lowest BCUT2D eigenvalue weighted by Gasteiger charge is -2.01. The molecule has 0 aromatic heterocycles. The summed E-state index contributed by atoms with van der Waals surface area (Å²) in [6.45, 7) is 3.52. The van der Waals surface area contributed by atoms with Crippen molar-refractivity contribution in [2.75, 3.05) is 0 Å². The summed E-state index contributed by atoms with van der Waals surface area (Å²) in [6.07, 6.45) is 3.33. The molecule has 0 saturated carbocycles. The molecular weight excluding hydrogens is 208 g/mol. The Morgan fingerprint density at radius 2 is 1.81 bits per heavy atom. The second kappa shape index (κ2) is 6.16. The highest BCUT2D eigenvalue weighted by Gasteiger charge is 2.01. The summed E-state index contributed by atoms with van der Waals surface area (Å²) in [6, 6.07) is 6.70. The molecule has 0 spiro atoms. The molecule has 1 aliphatic heterocycles. The van der Waals surface area contributed by atoms with Crippen LogP contribution in [0.5, 0.6) is 0 Å². The SMILES string of the molecule is CC1=C(F)N=CCC1.Cc1ccccc1F. The number of allylic oxidation sites excluding steroid dienone is 1. The van der Waals surface area contributed by atoms with Gasteiger partial charge in [0, 0.05) is 6.21 Å². The zero-order chi connectivity index (χ0) is 12.0. The van der Waals surface area contributed by atoms with Crippen molar-refractivity contribution >= 4 is 6.21 Å². The van der Waals surface area contributed by atoms with E-state index < -0.39 is 0 Å². The van der Waals surface area contributed by atoms with Crippen molar-refractivity contribution in [3.05, 3.63) is 47.2 Å². The summed E-state index contributed by atoms with van der Waals surface area (Å²) in [5.74, 6) is -0.427. The fourth-order valence-corrected chi connectivity index (χ4v) is 1.19. The molecule has 0 saturated heterocycles. The molecular formula is C13H15F2N. The van der Waals surface area contributed by atoms with Crippen LogP contribution in [0.25, 0.3) is 0 Å². The first kappa shape index (κ1) is 12.6. The second-order valence-electron chi connectivity index (χ2n) is 3.67. The monoisotopic (exact) mass is 223 g/mol. The Kier molecular flexibility index (Phi) is 4.83. The predicted octanol–water partition coefficient (Wildman–Crippen LogP) is 4.19. The number of hydrogen-bond donors (Lipinski definition) is 0. The molecule has 0 fully saturated rings. The van der Waals surface area contributed by atoms with Crippen LogP contribution in [-0.2, 0) is 0 Å². The Balaban J connectivity index is 0.000000160.